The summed E-state index contributed by atoms with van der Waals surface area (Å²) >= 11 is 4.24. The average Bonchev–Trinajstić information content (AvgIpc) is 3.60. The van der Waals surface area contributed by atoms with Gasteiger partial charge in [0.25, 0.3) is 0 Å². The molecule has 0 aliphatic carbocycles. The highest BCUT2D eigenvalue weighted by atomic mass is 32.1. The molecule has 3 heterocycles. The molecule has 0 radical (unpaired) electrons. The van der Waals surface area contributed by atoms with Gasteiger partial charge in [0.2, 0.25) is 0 Å². The van der Waals surface area contributed by atoms with E-state index in [0.29, 0.717) is 0 Å². The monoisotopic (exact) mass is 614 g/mol. The predicted molar refractivity (Wildman–Crippen MR) is 194 cm³/mol. The lowest BCUT2D eigenvalue weighted by molar-refractivity contribution is 0.430. The molecule has 0 aromatic carbocycles. The fourth-order valence-corrected chi connectivity index (χ4v) is 17.3. The molecule has 0 saturated carbocycles. The normalized spacial score (nSPS) is 14.5. The van der Waals surface area contributed by atoms with E-state index in [9.17, 15) is 0 Å². The molecule has 0 nitrogen and oxygen atoms in total. The summed E-state index contributed by atoms with van der Waals surface area (Å²) in [5.41, 5.74) is 0. The second-order valence-electron chi connectivity index (χ2n) is 13.7. The van der Waals surface area contributed by atoms with Gasteiger partial charge >= 0.3 is 0 Å². The van der Waals surface area contributed by atoms with E-state index in [2.05, 4.69) is 69.4 Å². The number of aryl methyl sites for hydroxylation is 2. The van der Waals surface area contributed by atoms with Gasteiger partial charge < -0.3 is 0 Å². The highest BCUT2D eigenvalue weighted by Gasteiger charge is 2.48. The first kappa shape index (κ1) is 35.1. The van der Waals surface area contributed by atoms with Crippen LogP contribution in [0.3, 0.4) is 0 Å². The van der Waals surface area contributed by atoms with E-state index in [1.807, 2.05) is 10.4 Å². The molecule has 0 saturated heterocycles. The zero-order valence-corrected chi connectivity index (χ0v) is 30.7. The lowest BCUT2D eigenvalue weighted by Gasteiger charge is -2.33. The van der Waals surface area contributed by atoms with E-state index < -0.39 is 8.07 Å². The Morgan fingerprint density at radius 2 is 0.878 bits per heavy atom. The van der Waals surface area contributed by atoms with E-state index in [1.54, 1.807) is 19.5 Å². The van der Waals surface area contributed by atoms with Crippen molar-refractivity contribution in [1.82, 2.24) is 0 Å². The van der Waals surface area contributed by atoms with Gasteiger partial charge in [-0.15, -0.1) is 22.7 Å². The quantitative estimate of drug-likeness (QED) is 0.0771. The van der Waals surface area contributed by atoms with Gasteiger partial charge in [-0.25, -0.2) is 0 Å². The van der Waals surface area contributed by atoms with Gasteiger partial charge in [-0.3, -0.25) is 0 Å². The molecule has 0 spiro atoms. The van der Waals surface area contributed by atoms with E-state index in [-0.39, 0.29) is 0 Å². The number of hydrogen-bond acceptors (Lipinski definition) is 2. The van der Waals surface area contributed by atoms with Gasteiger partial charge in [0.1, 0.15) is 8.07 Å². The zero-order chi connectivity index (χ0) is 29.3. The van der Waals surface area contributed by atoms with E-state index >= 15 is 0 Å². The van der Waals surface area contributed by atoms with Crippen LogP contribution in [-0.4, -0.2) is 8.07 Å². The third-order valence-electron chi connectivity index (χ3n) is 9.97. The summed E-state index contributed by atoms with van der Waals surface area (Å²) in [5.74, 6) is 0.937. The van der Waals surface area contributed by atoms with Crippen molar-refractivity contribution in [2.45, 2.75) is 188 Å². The van der Waals surface area contributed by atoms with Crippen LogP contribution in [0.4, 0.5) is 0 Å². The van der Waals surface area contributed by atoms with Crippen molar-refractivity contribution in [1.29, 1.82) is 0 Å². The molecule has 234 valence electrons. The van der Waals surface area contributed by atoms with Gasteiger partial charge in [0.15, 0.2) is 0 Å². The Hall–Kier alpha value is -0.383. The summed E-state index contributed by atoms with van der Waals surface area (Å²) in [6, 6.07) is 8.42. The Morgan fingerprint density at radius 3 is 1.32 bits per heavy atom. The summed E-state index contributed by atoms with van der Waals surface area (Å²) in [6.07, 6.45) is 31.8. The SMILES string of the molecule is CCCCCCCCCCCC[Si]1(CC(CCCCCC)CCCCCCCC)c2cc(C)sc2-c2sc(C)cc21. The van der Waals surface area contributed by atoms with Crippen molar-refractivity contribution in [2.75, 3.05) is 0 Å². The third-order valence-corrected chi connectivity index (χ3v) is 17.9. The standard InChI is InChI=1S/C38H66S2Si/c1-6-9-12-15-17-18-19-20-22-25-28-41(35-29-32(4)39-37(35)38-36(41)30-33(5)40-38)31-34(26-23-14-11-8-3)27-24-21-16-13-10-7-2/h29-30,34H,6-28,31H2,1-5H3. The average molecular weight is 615 g/mol. The van der Waals surface area contributed by atoms with Crippen molar-refractivity contribution in [3.63, 3.8) is 0 Å². The topological polar surface area (TPSA) is 0 Å². The minimum atomic E-state index is -1.71. The fourth-order valence-electron chi connectivity index (χ4n) is 7.64. The van der Waals surface area contributed by atoms with Gasteiger partial charge in [-0.1, -0.05) is 162 Å². The number of thiophene rings is 2. The molecular weight excluding hydrogens is 549 g/mol. The van der Waals surface area contributed by atoms with Crippen LogP contribution in [0.2, 0.25) is 12.1 Å². The molecule has 2 aromatic heterocycles. The molecule has 1 atom stereocenters. The van der Waals surface area contributed by atoms with E-state index in [0.717, 1.165) is 5.92 Å². The van der Waals surface area contributed by atoms with Crippen LogP contribution in [-0.2, 0) is 0 Å². The van der Waals surface area contributed by atoms with Gasteiger partial charge in [0.05, 0.1) is 0 Å². The fraction of sp³-hybridized carbons (Fsp3) is 0.789. The molecule has 0 fully saturated rings. The molecule has 3 heteroatoms. The van der Waals surface area contributed by atoms with Crippen molar-refractivity contribution in [2.24, 2.45) is 5.92 Å². The summed E-state index contributed by atoms with van der Waals surface area (Å²) in [5, 5.41) is 3.75. The predicted octanol–water partition coefficient (Wildman–Crippen LogP) is 13.2. The smallest absolute Gasteiger partial charge is 0.122 e. The van der Waals surface area contributed by atoms with Crippen LogP contribution in [0.15, 0.2) is 12.1 Å². The highest BCUT2D eigenvalue weighted by Crippen LogP contribution is 2.44. The van der Waals surface area contributed by atoms with Crippen LogP contribution in [0.25, 0.3) is 9.75 Å². The molecule has 1 unspecified atom stereocenters. The van der Waals surface area contributed by atoms with Crippen LogP contribution < -0.4 is 10.4 Å². The molecule has 1 aliphatic heterocycles. The van der Waals surface area contributed by atoms with Crippen LogP contribution >= 0.6 is 22.7 Å². The second-order valence-corrected chi connectivity index (χ2v) is 20.4. The molecule has 3 rings (SSSR count). The summed E-state index contributed by atoms with van der Waals surface area (Å²) in [4.78, 5) is 6.53. The molecule has 0 N–H and O–H groups in total. The Morgan fingerprint density at radius 1 is 0.512 bits per heavy atom. The molecule has 0 bridgehead atoms. The first-order valence-corrected chi connectivity index (χ1v) is 22.3. The number of rotatable bonds is 25. The maximum absolute atomic E-state index is 2.68. The molecular formula is C38H66S2Si. The summed E-state index contributed by atoms with van der Waals surface area (Å²) in [7, 11) is -1.71. The van der Waals surface area contributed by atoms with Gasteiger partial charge in [0, 0.05) is 19.5 Å². The van der Waals surface area contributed by atoms with Crippen LogP contribution in [0, 0.1) is 19.8 Å². The Balaban J connectivity index is 1.70. The number of fused-ring (bicyclic) bond motifs is 3. The zero-order valence-electron chi connectivity index (χ0n) is 28.0. The maximum Gasteiger partial charge on any atom is 0.122 e. The van der Waals surface area contributed by atoms with E-state index in [4.69, 9.17) is 0 Å². The van der Waals surface area contributed by atoms with Crippen molar-refractivity contribution >= 4 is 41.1 Å². The Kier molecular flexibility index (Phi) is 17.0. The van der Waals surface area contributed by atoms with Crippen molar-refractivity contribution in [3.05, 3.63) is 21.9 Å². The molecule has 2 aromatic rings. The van der Waals surface area contributed by atoms with E-state index in [1.165, 1.54) is 153 Å². The number of unbranched alkanes of at least 4 members (excludes halogenated alkanes) is 17. The molecule has 1 aliphatic rings. The minimum Gasteiger partial charge on any atom is -0.140 e. The highest BCUT2D eigenvalue weighted by molar-refractivity contribution is 7.29. The largest absolute Gasteiger partial charge is 0.140 e. The first-order valence-electron chi connectivity index (χ1n) is 18.3. The van der Waals surface area contributed by atoms with Gasteiger partial charge in [-0.2, -0.15) is 0 Å². The minimum absolute atomic E-state index is 0.937. The van der Waals surface area contributed by atoms with Crippen LogP contribution in [0.1, 0.15) is 172 Å². The van der Waals surface area contributed by atoms with Crippen molar-refractivity contribution < 1.29 is 0 Å². The van der Waals surface area contributed by atoms with Crippen molar-refractivity contribution in [3.8, 4) is 9.75 Å². The Bertz CT molecular complexity index is 907. The lowest BCUT2D eigenvalue weighted by Crippen LogP contribution is -2.55. The second kappa shape index (κ2) is 19.8. The van der Waals surface area contributed by atoms with Crippen LogP contribution in [0.5, 0.6) is 0 Å². The summed E-state index contributed by atoms with van der Waals surface area (Å²) < 4.78 is 0. The maximum atomic E-state index is 2.68. The first-order chi connectivity index (χ1) is 20.1. The third kappa shape index (κ3) is 10.9. The summed E-state index contributed by atoms with van der Waals surface area (Å²) in [6.45, 7) is 11.8. The van der Waals surface area contributed by atoms with Gasteiger partial charge in [-0.05, 0) is 54.4 Å². The Labute approximate surface area is 265 Å². The lowest BCUT2D eigenvalue weighted by atomic mass is 9.96. The number of hydrogen-bond donors (Lipinski definition) is 0. The molecule has 0 amide bonds. The molecule has 41 heavy (non-hydrogen) atoms.